The van der Waals surface area contributed by atoms with E-state index in [4.69, 9.17) is 5.73 Å². The minimum atomic E-state index is 0.881. The van der Waals surface area contributed by atoms with Gasteiger partial charge in [-0.15, -0.1) is 11.3 Å². The fourth-order valence-electron chi connectivity index (χ4n) is 1.88. The topological polar surface area (TPSA) is 26.0 Å². The van der Waals surface area contributed by atoms with Gasteiger partial charge in [-0.2, -0.15) is 0 Å². The zero-order valence-corrected chi connectivity index (χ0v) is 11.1. The average molecular weight is 243 g/mol. The fourth-order valence-corrected chi connectivity index (χ4v) is 2.93. The highest BCUT2D eigenvalue weighted by Crippen LogP contribution is 2.26. The summed E-state index contributed by atoms with van der Waals surface area (Å²) < 4.78 is 0. The summed E-state index contributed by atoms with van der Waals surface area (Å²) in [5.74, 6) is 0. The second kappa shape index (κ2) is 5.19. The van der Waals surface area contributed by atoms with Crippen LogP contribution in [-0.4, -0.2) is 0 Å². The second-order valence-electron chi connectivity index (χ2n) is 4.10. The van der Waals surface area contributed by atoms with Gasteiger partial charge >= 0.3 is 0 Å². The minimum absolute atomic E-state index is 0.881. The Morgan fingerprint density at radius 2 is 2.06 bits per heavy atom. The lowest BCUT2D eigenvalue weighted by molar-refractivity contribution is 1.24. The minimum Gasteiger partial charge on any atom is -0.398 e. The van der Waals surface area contributed by atoms with Crippen LogP contribution in [-0.2, 0) is 6.42 Å². The molecule has 0 bridgehead atoms. The number of nitrogens with two attached hydrogens (primary N) is 1. The Morgan fingerprint density at radius 3 is 2.76 bits per heavy atom. The largest absolute Gasteiger partial charge is 0.398 e. The van der Waals surface area contributed by atoms with Gasteiger partial charge in [-0.1, -0.05) is 30.4 Å². The predicted molar refractivity (Wildman–Crippen MR) is 77.4 cm³/mol. The van der Waals surface area contributed by atoms with E-state index in [0.29, 0.717) is 0 Å². The molecule has 0 radical (unpaired) electrons. The van der Waals surface area contributed by atoms with Crippen LogP contribution in [0, 0.1) is 6.92 Å². The van der Waals surface area contributed by atoms with E-state index in [-0.39, 0.29) is 0 Å². The zero-order valence-electron chi connectivity index (χ0n) is 10.2. The first kappa shape index (κ1) is 11.9. The summed E-state index contributed by atoms with van der Waals surface area (Å²) in [5.41, 5.74) is 9.37. The third-order valence-electron chi connectivity index (χ3n) is 2.77. The molecule has 0 atom stereocenters. The van der Waals surface area contributed by atoms with Crippen molar-refractivity contribution in [3.63, 3.8) is 0 Å². The maximum absolute atomic E-state index is 5.96. The maximum Gasteiger partial charge on any atom is 0.0350 e. The predicted octanol–water partition coefficient (Wildman–Crippen LogP) is 4.26. The maximum atomic E-state index is 5.96. The third-order valence-corrected chi connectivity index (χ3v) is 3.84. The highest BCUT2D eigenvalue weighted by Gasteiger charge is 2.05. The molecule has 0 saturated carbocycles. The van der Waals surface area contributed by atoms with Gasteiger partial charge in [0, 0.05) is 21.9 Å². The number of allylic oxidation sites excluding steroid dienone is 1. The summed E-state index contributed by atoms with van der Waals surface area (Å²) in [7, 11) is 0. The molecule has 1 aromatic carbocycles. The standard InChI is InChI=1S/C15H17NS/c1-3-6-12-9-14(17-11(12)2)10-13-7-4-5-8-15(13)16/h3-9H,10,16H2,1-2H3/b6-3-. The molecule has 2 aromatic rings. The Kier molecular flexibility index (Phi) is 3.64. The van der Waals surface area contributed by atoms with Crippen LogP contribution in [0.2, 0.25) is 0 Å². The molecule has 2 heteroatoms. The van der Waals surface area contributed by atoms with E-state index in [0.717, 1.165) is 12.1 Å². The first-order chi connectivity index (χ1) is 8.20. The van der Waals surface area contributed by atoms with Crippen LogP contribution in [0.5, 0.6) is 0 Å². The molecule has 88 valence electrons. The molecule has 0 unspecified atom stereocenters. The van der Waals surface area contributed by atoms with Gasteiger partial charge in [0.05, 0.1) is 0 Å². The molecule has 2 rings (SSSR count). The molecule has 0 aliphatic heterocycles. The second-order valence-corrected chi connectivity index (χ2v) is 5.44. The van der Waals surface area contributed by atoms with Crippen molar-refractivity contribution in [2.75, 3.05) is 5.73 Å². The van der Waals surface area contributed by atoms with Gasteiger partial charge in [-0.3, -0.25) is 0 Å². The number of para-hydroxylation sites is 1. The lowest BCUT2D eigenvalue weighted by Crippen LogP contribution is -1.93. The number of rotatable bonds is 3. The number of thiophene rings is 1. The van der Waals surface area contributed by atoms with Gasteiger partial charge in [0.1, 0.15) is 0 Å². The summed E-state index contributed by atoms with van der Waals surface area (Å²) in [6.45, 7) is 4.21. The molecule has 0 spiro atoms. The van der Waals surface area contributed by atoms with Crippen LogP contribution in [0.15, 0.2) is 36.4 Å². The van der Waals surface area contributed by atoms with Crippen LogP contribution >= 0.6 is 11.3 Å². The van der Waals surface area contributed by atoms with Crippen molar-refractivity contribution >= 4 is 23.1 Å². The van der Waals surface area contributed by atoms with Gasteiger partial charge in [0.15, 0.2) is 0 Å². The average Bonchev–Trinajstić information content (AvgIpc) is 2.63. The zero-order chi connectivity index (χ0) is 12.3. The molecule has 0 aliphatic carbocycles. The fraction of sp³-hybridized carbons (Fsp3) is 0.200. The number of hydrogen-bond acceptors (Lipinski definition) is 2. The number of nitrogen functional groups attached to an aromatic ring is 1. The van der Waals surface area contributed by atoms with E-state index >= 15 is 0 Å². The van der Waals surface area contributed by atoms with Crippen LogP contribution in [0.25, 0.3) is 6.08 Å². The molecule has 0 amide bonds. The molecule has 1 nitrogen and oxygen atoms in total. The van der Waals surface area contributed by atoms with Crippen LogP contribution < -0.4 is 5.73 Å². The number of hydrogen-bond donors (Lipinski definition) is 1. The van der Waals surface area contributed by atoms with Crippen molar-refractivity contribution in [2.45, 2.75) is 20.3 Å². The monoisotopic (exact) mass is 243 g/mol. The Bertz CT molecular complexity index is 538. The summed E-state index contributed by atoms with van der Waals surface area (Å²) in [6.07, 6.45) is 5.16. The van der Waals surface area contributed by atoms with Crippen molar-refractivity contribution in [3.05, 3.63) is 57.3 Å². The Hall–Kier alpha value is -1.54. The van der Waals surface area contributed by atoms with Crippen molar-refractivity contribution in [1.29, 1.82) is 0 Å². The highest BCUT2D eigenvalue weighted by atomic mass is 32.1. The van der Waals surface area contributed by atoms with E-state index in [1.165, 1.54) is 20.9 Å². The highest BCUT2D eigenvalue weighted by molar-refractivity contribution is 7.12. The summed E-state index contributed by atoms with van der Waals surface area (Å²) in [4.78, 5) is 2.74. The molecular weight excluding hydrogens is 226 g/mol. The summed E-state index contributed by atoms with van der Waals surface area (Å²) >= 11 is 1.85. The number of aryl methyl sites for hydroxylation is 1. The smallest absolute Gasteiger partial charge is 0.0350 e. The molecule has 17 heavy (non-hydrogen) atoms. The summed E-state index contributed by atoms with van der Waals surface area (Å²) in [6, 6.07) is 10.3. The molecule has 1 aromatic heterocycles. The first-order valence-electron chi connectivity index (χ1n) is 5.76. The van der Waals surface area contributed by atoms with Crippen LogP contribution in [0.3, 0.4) is 0 Å². The van der Waals surface area contributed by atoms with Gasteiger partial charge < -0.3 is 5.73 Å². The first-order valence-corrected chi connectivity index (χ1v) is 6.57. The lowest BCUT2D eigenvalue weighted by Gasteiger charge is -2.02. The lowest BCUT2D eigenvalue weighted by atomic mass is 10.1. The van der Waals surface area contributed by atoms with Crippen molar-refractivity contribution < 1.29 is 0 Å². The Balaban J connectivity index is 2.25. The Labute approximate surface area is 107 Å². The molecule has 0 aliphatic rings. The van der Waals surface area contributed by atoms with E-state index in [9.17, 15) is 0 Å². The molecule has 0 saturated heterocycles. The third kappa shape index (κ3) is 2.77. The molecule has 2 N–H and O–H groups in total. The molecule has 1 heterocycles. The number of anilines is 1. The van der Waals surface area contributed by atoms with Crippen molar-refractivity contribution in [1.82, 2.24) is 0 Å². The van der Waals surface area contributed by atoms with Gasteiger partial charge in [-0.05, 0) is 37.1 Å². The quantitative estimate of drug-likeness (QED) is 0.801. The van der Waals surface area contributed by atoms with Crippen LogP contribution in [0.4, 0.5) is 5.69 Å². The molecular formula is C15H17NS. The molecule has 0 fully saturated rings. The SMILES string of the molecule is C/C=C\c1cc(Cc2ccccc2N)sc1C. The Morgan fingerprint density at radius 1 is 1.29 bits per heavy atom. The van der Waals surface area contributed by atoms with Gasteiger partial charge in [0.25, 0.3) is 0 Å². The van der Waals surface area contributed by atoms with Gasteiger partial charge in [-0.25, -0.2) is 0 Å². The van der Waals surface area contributed by atoms with E-state index in [1.54, 1.807) is 0 Å². The van der Waals surface area contributed by atoms with E-state index in [2.05, 4.69) is 31.2 Å². The summed E-state index contributed by atoms with van der Waals surface area (Å²) in [5, 5.41) is 0. The van der Waals surface area contributed by atoms with E-state index < -0.39 is 0 Å². The van der Waals surface area contributed by atoms with Gasteiger partial charge in [0.2, 0.25) is 0 Å². The normalized spacial score (nSPS) is 11.2. The van der Waals surface area contributed by atoms with Crippen LogP contribution in [0.1, 0.15) is 27.8 Å². The van der Waals surface area contributed by atoms with E-state index in [1.807, 2.05) is 36.5 Å². The number of benzene rings is 1. The van der Waals surface area contributed by atoms with Crippen molar-refractivity contribution in [2.24, 2.45) is 0 Å². The van der Waals surface area contributed by atoms with Crippen molar-refractivity contribution in [3.8, 4) is 0 Å².